The van der Waals surface area contributed by atoms with E-state index in [-0.39, 0.29) is 69.1 Å². The molecule has 3 aliphatic carbocycles. The van der Waals surface area contributed by atoms with Gasteiger partial charge in [-0.25, -0.2) is 0 Å². The third-order valence-corrected chi connectivity index (χ3v) is 9.09. The minimum Gasteiger partial charge on any atom is -0.504 e. The maximum absolute atomic E-state index is 14.0. The summed E-state index contributed by atoms with van der Waals surface area (Å²) in [6.07, 6.45) is 3.54. The molecular weight excluding hydrogens is 590 g/mol. The predicted molar refractivity (Wildman–Crippen MR) is 153 cm³/mol. The predicted octanol–water partition coefficient (Wildman–Crippen LogP) is 4.96. The lowest BCUT2D eigenvalue weighted by molar-refractivity contribution is -0.123. The lowest BCUT2D eigenvalue weighted by Gasteiger charge is -2.42. The summed E-state index contributed by atoms with van der Waals surface area (Å²) in [5.74, 6) is -4.14. The van der Waals surface area contributed by atoms with Crippen LogP contribution < -0.4 is 9.64 Å². The molecule has 1 fully saturated rings. The summed E-state index contributed by atoms with van der Waals surface area (Å²) in [5.41, 5.74) is 2.54. The summed E-state index contributed by atoms with van der Waals surface area (Å²) in [5, 5.41) is 11.2. The van der Waals surface area contributed by atoms with Crippen LogP contribution in [0.5, 0.6) is 11.5 Å². The molecule has 2 aromatic rings. The van der Waals surface area contributed by atoms with E-state index < -0.39 is 23.7 Å². The van der Waals surface area contributed by atoms with E-state index in [0.29, 0.717) is 23.4 Å². The quantitative estimate of drug-likeness (QED) is 0.218. The first-order chi connectivity index (χ1) is 19.6. The molecule has 2 amide bonds. The Morgan fingerprint density at radius 2 is 1.78 bits per heavy atom. The molecule has 8 nitrogen and oxygen atoms in total. The third-order valence-electron chi connectivity index (χ3n) is 8.50. The van der Waals surface area contributed by atoms with Crippen molar-refractivity contribution in [1.82, 2.24) is 0 Å². The lowest BCUT2D eigenvalue weighted by atomic mass is 9.59. The smallest absolute Gasteiger partial charge is 0.238 e. The summed E-state index contributed by atoms with van der Waals surface area (Å²) in [7, 11) is 0. The second-order valence-corrected chi connectivity index (χ2v) is 11.5. The number of hydrogen-bond donors (Lipinski definition) is 1. The van der Waals surface area contributed by atoms with Crippen molar-refractivity contribution >= 4 is 50.8 Å². The van der Waals surface area contributed by atoms with Gasteiger partial charge in [-0.2, -0.15) is 0 Å². The number of allylic oxidation sites excluding steroid dienone is 6. The number of hydrogen-bond acceptors (Lipinski definition) is 7. The minimum absolute atomic E-state index is 0.119. The number of imide groups is 1. The molecule has 9 heteroatoms. The van der Waals surface area contributed by atoms with Gasteiger partial charge >= 0.3 is 0 Å². The largest absolute Gasteiger partial charge is 0.504 e. The molecule has 0 saturated carbocycles. The van der Waals surface area contributed by atoms with Crippen LogP contribution in [0.3, 0.4) is 0 Å². The fraction of sp³-hybridized carbons (Fsp3) is 0.281. The number of halogens is 1. The van der Waals surface area contributed by atoms with Crippen molar-refractivity contribution in [2.24, 2.45) is 17.8 Å². The number of para-hydroxylation sites is 1. The standard InChI is InChI=1S/C32H26BrNO7/c1-3-41-25-6-4-5-19(30(25)38)26-18-11-12-20-27(21(18)13-22-28(26)24(36)14-23(33)29(22)37)32(40)34(31(20)39)17-9-7-16(8-10-17)15(2)35/h4-11,14,20-21,26-27,38H,3,12-13H2,1-2H3/t20-,21+,26+,27-/m0/s1. The van der Waals surface area contributed by atoms with Crippen LogP contribution >= 0.6 is 15.9 Å². The molecule has 41 heavy (non-hydrogen) atoms. The molecule has 2 aromatic carbocycles. The molecule has 1 aliphatic heterocycles. The number of ketones is 3. The topological polar surface area (TPSA) is 118 Å². The number of phenolic OH excluding ortho intramolecular Hbond substituents is 1. The van der Waals surface area contributed by atoms with E-state index in [4.69, 9.17) is 4.74 Å². The molecule has 4 atom stereocenters. The number of carbonyl (C=O) groups is 5. The van der Waals surface area contributed by atoms with Crippen LogP contribution in [0.1, 0.15) is 48.5 Å². The van der Waals surface area contributed by atoms with Gasteiger partial charge in [-0.3, -0.25) is 28.9 Å². The van der Waals surface area contributed by atoms with Crippen molar-refractivity contribution in [2.75, 3.05) is 11.5 Å². The second-order valence-electron chi connectivity index (χ2n) is 10.6. The van der Waals surface area contributed by atoms with Crippen molar-refractivity contribution < 1.29 is 33.8 Å². The van der Waals surface area contributed by atoms with Crippen LogP contribution in [0.2, 0.25) is 0 Å². The van der Waals surface area contributed by atoms with Gasteiger partial charge in [0.05, 0.1) is 28.6 Å². The van der Waals surface area contributed by atoms with E-state index >= 15 is 0 Å². The van der Waals surface area contributed by atoms with Gasteiger partial charge in [0.15, 0.2) is 28.8 Å². The Labute approximate surface area is 244 Å². The molecular formula is C32H26BrNO7. The molecule has 1 saturated heterocycles. The van der Waals surface area contributed by atoms with Gasteiger partial charge in [0.25, 0.3) is 0 Å². The highest BCUT2D eigenvalue weighted by Crippen LogP contribution is 2.57. The number of Topliss-reactive ketones (excluding diaryl/α,β-unsaturated/α-hetero) is 2. The van der Waals surface area contributed by atoms with Gasteiger partial charge in [-0.15, -0.1) is 0 Å². The highest BCUT2D eigenvalue weighted by molar-refractivity contribution is 9.12. The molecule has 0 bridgehead atoms. The van der Waals surface area contributed by atoms with Gasteiger partial charge in [0.1, 0.15) is 0 Å². The molecule has 0 aromatic heterocycles. The summed E-state index contributed by atoms with van der Waals surface area (Å²) in [6, 6.07) is 11.4. The average molecular weight is 616 g/mol. The number of carbonyl (C=O) groups excluding carboxylic acids is 5. The zero-order valence-electron chi connectivity index (χ0n) is 22.3. The number of nitrogens with zero attached hydrogens (tertiary/aromatic N) is 1. The second kappa shape index (κ2) is 10.1. The van der Waals surface area contributed by atoms with Crippen LogP contribution in [0.4, 0.5) is 5.69 Å². The van der Waals surface area contributed by atoms with E-state index in [9.17, 15) is 29.1 Å². The first-order valence-corrected chi connectivity index (χ1v) is 14.3. The maximum Gasteiger partial charge on any atom is 0.238 e. The number of fused-ring (bicyclic) bond motifs is 3. The summed E-state index contributed by atoms with van der Waals surface area (Å²) in [4.78, 5) is 67.3. The zero-order chi connectivity index (χ0) is 29.2. The average Bonchev–Trinajstić information content (AvgIpc) is 3.21. The number of amides is 2. The van der Waals surface area contributed by atoms with Gasteiger partial charge < -0.3 is 9.84 Å². The molecule has 0 spiro atoms. The van der Waals surface area contributed by atoms with E-state index in [1.165, 1.54) is 17.9 Å². The molecule has 0 unspecified atom stereocenters. The first kappa shape index (κ1) is 27.1. The molecule has 6 rings (SSSR count). The monoisotopic (exact) mass is 615 g/mol. The first-order valence-electron chi connectivity index (χ1n) is 13.5. The Kier molecular flexibility index (Phi) is 6.65. The van der Waals surface area contributed by atoms with Crippen LogP contribution in [-0.2, 0) is 19.2 Å². The van der Waals surface area contributed by atoms with Crippen LogP contribution in [0, 0.1) is 17.8 Å². The Balaban J connectivity index is 1.47. The number of benzene rings is 2. The molecule has 0 radical (unpaired) electrons. The number of rotatable bonds is 5. The number of anilines is 1. The highest BCUT2D eigenvalue weighted by Gasteiger charge is 2.57. The maximum atomic E-state index is 14.0. The van der Waals surface area contributed by atoms with E-state index in [1.807, 2.05) is 6.08 Å². The van der Waals surface area contributed by atoms with Crippen LogP contribution in [0.15, 0.2) is 75.8 Å². The van der Waals surface area contributed by atoms with Crippen molar-refractivity contribution in [3.8, 4) is 11.5 Å². The van der Waals surface area contributed by atoms with Gasteiger partial charge in [-0.1, -0.05) is 23.8 Å². The third kappa shape index (κ3) is 4.13. The summed E-state index contributed by atoms with van der Waals surface area (Å²) < 4.78 is 5.74. The lowest BCUT2D eigenvalue weighted by Crippen LogP contribution is -2.39. The van der Waals surface area contributed by atoms with E-state index in [0.717, 1.165) is 5.57 Å². The Hall–Kier alpha value is -4.11. The van der Waals surface area contributed by atoms with Crippen molar-refractivity contribution in [1.29, 1.82) is 0 Å². The van der Waals surface area contributed by atoms with Crippen molar-refractivity contribution in [3.05, 3.63) is 86.9 Å². The fourth-order valence-electron chi connectivity index (χ4n) is 6.71. The fourth-order valence-corrected chi connectivity index (χ4v) is 7.15. The molecule has 208 valence electrons. The number of aromatic hydroxyl groups is 1. The number of ether oxygens (including phenoxy) is 1. The molecule has 1 heterocycles. The molecule has 1 N–H and O–H groups in total. The highest BCUT2D eigenvalue weighted by atomic mass is 79.9. The number of phenols is 1. The normalized spacial score (nSPS) is 25.4. The Morgan fingerprint density at radius 1 is 1.05 bits per heavy atom. The van der Waals surface area contributed by atoms with Gasteiger partial charge in [-0.05, 0) is 78.9 Å². The SMILES string of the molecule is CCOc1cccc([C@H]2C3=CC[C@@H]4C(=O)N(c5ccc(C(C)=O)cc5)C(=O)[C@@H]4[C@@H]3CC3=C2C(=O)C=C(Br)C3=O)c1O. The summed E-state index contributed by atoms with van der Waals surface area (Å²) in [6.45, 7) is 3.55. The van der Waals surface area contributed by atoms with Gasteiger partial charge in [0, 0.05) is 34.3 Å². The van der Waals surface area contributed by atoms with Crippen molar-refractivity contribution in [3.63, 3.8) is 0 Å². The van der Waals surface area contributed by atoms with Crippen LogP contribution in [-0.4, -0.2) is 40.9 Å². The Bertz CT molecular complexity index is 1650. The zero-order valence-corrected chi connectivity index (χ0v) is 23.9. The van der Waals surface area contributed by atoms with Crippen LogP contribution in [0.25, 0.3) is 0 Å². The van der Waals surface area contributed by atoms with E-state index in [1.54, 1.807) is 49.4 Å². The minimum atomic E-state index is -0.787. The summed E-state index contributed by atoms with van der Waals surface area (Å²) >= 11 is 3.22. The van der Waals surface area contributed by atoms with Crippen molar-refractivity contribution in [2.45, 2.75) is 32.6 Å². The molecule has 4 aliphatic rings. The van der Waals surface area contributed by atoms with E-state index in [2.05, 4.69) is 15.9 Å². The Morgan fingerprint density at radius 3 is 2.46 bits per heavy atom. The van der Waals surface area contributed by atoms with Gasteiger partial charge in [0.2, 0.25) is 11.8 Å².